The Kier molecular flexibility index (Phi) is 3.00. The van der Waals surface area contributed by atoms with E-state index in [1.807, 2.05) is 6.07 Å². The van der Waals surface area contributed by atoms with Crippen LogP contribution in [0.4, 0.5) is 0 Å². The number of nitrogens with zero attached hydrogens (tertiary/aromatic N) is 2. The Balaban J connectivity index is 2.31. The zero-order valence-electron chi connectivity index (χ0n) is 9.04. The second kappa shape index (κ2) is 4.61. The van der Waals surface area contributed by atoms with E-state index in [4.69, 9.17) is 5.73 Å². The Bertz CT molecular complexity index is 604. The summed E-state index contributed by atoms with van der Waals surface area (Å²) in [5, 5.41) is 0. The van der Waals surface area contributed by atoms with Gasteiger partial charge >= 0.3 is 0 Å². The van der Waals surface area contributed by atoms with E-state index < -0.39 is 5.91 Å². The van der Waals surface area contributed by atoms with Crippen LogP contribution in [0.15, 0.2) is 47.7 Å². The van der Waals surface area contributed by atoms with E-state index in [2.05, 4.69) is 4.98 Å². The molecule has 0 aliphatic carbocycles. The van der Waals surface area contributed by atoms with Gasteiger partial charge in [0.1, 0.15) is 0 Å². The molecule has 0 bridgehead atoms. The third kappa shape index (κ3) is 2.57. The van der Waals surface area contributed by atoms with Gasteiger partial charge in [0.05, 0.1) is 12.9 Å². The molecule has 1 heterocycles. The van der Waals surface area contributed by atoms with Crippen molar-refractivity contribution in [3.05, 3.63) is 64.3 Å². The number of benzene rings is 1. The summed E-state index contributed by atoms with van der Waals surface area (Å²) in [6.45, 7) is 0.369. The summed E-state index contributed by atoms with van der Waals surface area (Å²) >= 11 is 0. The van der Waals surface area contributed by atoms with Gasteiger partial charge < -0.3 is 5.73 Å². The summed E-state index contributed by atoms with van der Waals surface area (Å²) in [4.78, 5) is 26.4. The quantitative estimate of drug-likeness (QED) is 0.827. The highest BCUT2D eigenvalue weighted by Gasteiger charge is 2.02. The van der Waals surface area contributed by atoms with Crippen LogP contribution in [0.25, 0.3) is 0 Å². The number of hydrogen-bond acceptors (Lipinski definition) is 3. The van der Waals surface area contributed by atoms with E-state index in [0.717, 1.165) is 5.56 Å². The average molecular weight is 229 g/mol. The number of rotatable bonds is 3. The molecule has 1 aromatic heterocycles. The fourth-order valence-corrected chi connectivity index (χ4v) is 1.52. The van der Waals surface area contributed by atoms with Crippen molar-refractivity contribution in [2.75, 3.05) is 0 Å². The van der Waals surface area contributed by atoms with E-state index in [9.17, 15) is 9.59 Å². The van der Waals surface area contributed by atoms with Gasteiger partial charge in [0, 0.05) is 17.8 Å². The maximum absolute atomic E-state index is 11.5. The molecule has 0 aliphatic rings. The molecular weight excluding hydrogens is 218 g/mol. The lowest BCUT2D eigenvalue weighted by molar-refractivity contribution is 0.1000. The molecule has 2 rings (SSSR count). The lowest BCUT2D eigenvalue weighted by Gasteiger charge is -2.05. The molecule has 86 valence electrons. The molecule has 5 nitrogen and oxygen atoms in total. The fraction of sp³-hybridized carbons (Fsp3) is 0.0833. The molecule has 0 saturated carbocycles. The summed E-state index contributed by atoms with van der Waals surface area (Å²) in [6.07, 6.45) is 2.90. The number of aromatic nitrogens is 2. The fourth-order valence-electron chi connectivity index (χ4n) is 1.52. The highest BCUT2D eigenvalue weighted by Crippen LogP contribution is 2.05. The molecule has 0 saturated heterocycles. The maximum Gasteiger partial charge on any atom is 0.253 e. The first-order chi connectivity index (χ1) is 8.16. The van der Waals surface area contributed by atoms with Crippen molar-refractivity contribution in [1.82, 2.24) is 9.55 Å². The molecule has 2 aromatic rings. The van der Waals surface area contributed by atoms with Gasteiger partial charge in [-0.3, -0.25) is 14.2 Å². The third-order valence-corrected chi connectivity index (χ3v) is 2.36. The van der Waals surface area contributed by atoms with E-state index in [-0.39, 0.29) is 5.56 Å². The van der Waals surface area contributed by atoms with Gasteiger partial charge in [-0.1, -0.05) is 12.1 Å². The van der Waals surface area contributed by atoms with Crippen LogP contribution < -0.4 is 11.3 Å². The Morgan fingerprint density at radius 2 is 2.18 bits per heavy atom. The lowest BCUT2D eigenvalue weighted by atomic mass is 10.1. The van der Waals surface area contributed by atoms with Crippen LogP contribution in [0, 0.1) is 0 Å². The first-order valence-electron chi connectivity index (χ1n) is 5.06. The normalized spacial score (nSPS) is 10.1. The predicted octanol–water partition coefficient (Wildman–Crippen LogP) is 0.391. The van der Waals surface area contributed by atoms with Crippen molar-refractivity contribution < 1.29 is 4.79 Å². The summed E-state index contributed by atoms with van der Waals surface area (Å²) in [5.74, 6) is -0.481. The highest BCUT2D eigenvalue weighted by molar-refractivity contribution is 5.92. The summed E-state index contributed by atoms with van der Waals surface area (Å²) < 4.78 is 1.46. The maximum atomic E-state index is 11.5. The van der Waals surface area contributed by atoms with Crippen LogP contribution in [-0.4, -0.2) is 15.5 Å². The van der Waals surface area contributed by atoms with E-state index in [1.165, 1.54) is 23.2 Å². The van der Waals surface area contributed by atoms with Crippen molar-refractivity contribution in [3.63, 3.8) is 0 Å². The predicted molar refractivity (Wildman–Crippen MR) is 62.6 cm³/mol. The van der Waals surface area contributed by atoms with E-state index in [0.29, 0.717) is 12.1 Å². The summed E-state index contributed by atoms with van der Waals surface area (Å²) in [5.41, 5.74) is 6.31. The first kappa shape index (κ1) is 11.1. The second-order valence-corrected chi connectivity index (χ2v) is 3.61. The van der Waals surface area contributed by atoms with Crippen LogP contribution in [0.5, 0.6) is 0 Å². The standard InChI is InChI=1S/C12H11N3O2/c13-12(17)10-3-1-2-9(6-10)7-15-8-14-5-4-11(15)16/h1-6,8H,7H2,(H2,13,17). The van der Waals surface area contributed by atoms with Gasteiger partial charge in [-0.2, -0.15) is 0 Å². The lowest BCUT2D eigenvalue weighted by Crippen LogP contribution is -2.19. The monoisotopic (exact) mass is 229 g/mol. The van der Waals surface area contributed by atoms with Gasteiger partial charge in [0.15, 0.2) is 0 Å². The SMILES string of the molecule is NC(=O)c1cccc(Cn2cnccc2=O)c1. The smallest absolute Gasteiger partial charge is 0.253 e. The second-order valence-electron chi connectivity index (χ2n) is 3.61. The van der Waals surface area contributed by atoms with Crippen LogP contribution in [-0.2, 0) is 6.54 Å². The third-order valence-electron chi connectivity index (χ3n) is 2.36. The van der Waals surface area contributed by atoms with Crippen molar-refractivity contribution in [2.24, 2.45) is 5.73 Å². The first-order valence-corrected chi connectivity index (χ1v) is 5.06. The molecule has 0 unspecified atom stereocenters. The molecule has 0 fully saturated rings. The van der Waals surface area contributed by atoms with Crippen LogP contribution in [0.2, 0.25) is 0 Å². The minimum absolute atomic E-state index is 0.135. The van der Waals surface area contributed by atoms with Gasteiger partial charge in [-0.25, -0.2) is 4.98 Å². The molecule has 1 amide bonds. The minimum atomic E-state index is -0.481. The van der Waals surface area contributed by atoms with Gasteiger partial charge in [0.2, 0.25) is 5.91 Å². The Morgan fingerprint density at radius 1 is 1.35 bits per heavy atom. The van der Waals surface area contributed by atoms with Crippen LogP contribution in [0.3, 0.4) is 0 Å². The molecule has 0 spiro atoms. The highest BCUT2D eigenvalue weighted by atomic mass is 16.1. The van der Waals surface area contributed by atoms with Crippen LogP contribution >= 0.6 is 0 Å². The number of carbonyl (C=O) groups is 1. The summed E-state index contributed by atoms with van der Waals surface area (Å²) in [6, 6.07) is 8.25. The van der Waals surface area contributed by atoms with Gasteiger partial charge in [0.25, 0.3) is 5.56 Å². The van der Waals surface area contributed by atoms with Crippen molar-refractivity contribution in [1.29, 1.82) is 0 Å². The topological polar surface area (TPSA) is 78.0 Å². The molecule has 0 aliphatic heterocycles. The Labute approximate surface area is 97.5 Å². The molecular formula is C12H11N3O2. The Morgan fingerprint density at radius 3 is 2.88 bits per heavy atom. The van der Waals surface area contributed by atoms with Gasteiger partial charge in [-0.05, 0) is 17.7 Å². The number of hydrogen-bond donors (Lipinski definition) is 1. The van der Waals surface area contributed by atoms with Crippen LogP contribution in [0.1, 0.15) is 15.9 Å². The molecule has 0 radical (unpaired) electrons. The largest absolute Gasteiger partial charge is 0.366 e. The molecule has 1 aromatic carbocycles. The van der Waals surface area contributed by atoms with E-state index in [1.54, 1.807) is 18.2 Å². The zero-order valence-corrected chi connectivity index (χ0v) is 9.04. The zero-order chi connectivity index (χ0) is 12.3. The van der Waals surface area contributed by atoms with Crippen molar-refractivity contribution >= 4 is 5.91 Å². The molecule has 5 heteroatoms. The van der Waals surface area contributed by atoms with Crippen molar-refractivity contribution in [3.8, 4) is 0 Å². The van der Waals surface area contributed by atoms with Gasteiger partial charge in [-0.15, -0.1) is 0 Å². The minimum Gasteiger partial charge on any atom is -0.366 e. The number of carbonyl (C=O) groups excluding carboxylic acids is 1. The molecule has 0 atom stereocenters. The van der Waals surface area contributed by atoms with E-state index >= 15 is 0 Å². The average Bonchev–Trinajstić information content (AvgIpc) is 2.32. The van der Waals surface area contributed by atoms with Crippen molar-refractivity contribution in [2.45, 2.75) is 6.54 Å². The summed E-state index contributed by atoms with van der Waals surface area (Å²) in [7, 11) is 0. The Hall–Kier alpha value is -2.43. The molecule has 2 N–H and O–H groups in total. The number of primary amides is 1. The number of nitrogens with two attached hydrogens (primary N) is 1. The molecule has 17 heavy (non-hydrogen) atoms. The number of amides is 1.